The highest BCUT2D eigenvalue weighted by Gasteiger charge is 2.42. The van der Waals surface area contributed by atoms with Crippen molar-refractivity contribution in [3.8, 4) is 0 Å². The molecule has 1 aliphatic heterocycles. The molecule has 0 radical (unpaired) electrons. The van der Waals surface area contributed by atoms with Crippen LogP contribution in [0.3, 0.4) is 0 Å². The molecule has 1 saturated heterocycles. The van der Waals surface area contributed by atoms with Crippen molar-refractivity contribution in [1.82, 2.24) is 25.5 Å². The van der Waals surface area contributed by atoms with Gasteiger partial charge in [-0.2, -0.15) is 0 Å². The average Bonchev–Trinajstić information content (AvgIpc) is 3.46. The molecule has 0 saturated carbocycles. The second kappa shape index (κ2) is 14.6. The van der Waals surface area contributed by atoms with E-state index < -0.39 is 18.4 Å². The van der Waals surface area contributed by atoms with Gasteiger partial charge < -0.3 is 24.6 Å². The second-order valence-electron chi connectivity index (χ2n) is 10.5. The van der Waals surface area contributed by atoms with Crippen LogP contribution in [0.1, 0.15) is 60.0 Å². The number of aliphatic hydroxyl groups excluding tert-OH is 1. The number of amides is 1. The third-order valence-electron chi connectivity index (χ3n) is 7.36. The number of benzene rings is 3. The van der Waals surface area contributed by atoms with E-state index in [2.05, 4.69) is 33.0 Å². The zero-order valence-electron chi connectivity index (χ0n) is 24.7. The molecule has 44 heavy (non-hydrogen) atoms. The highest BCUT2D eigenvalue weighted by Crippen LogP contribution is 2.47. The summed E-state index contributed by atoms with van der Waals surface area (Å²) >= 11 is 1.52. The van der Waals surface area contributed by atoms with Crippen molar-refractivity contribution in [2.45, 2.75) is 62.7 Å². The van der Waals surface area contributed by atoms with Gasteiger partial charge in [-0.15, -0.1) is 5.10 Å². The van der Waals surface area contributed by atoms with Gasteiger partial charge in [-0.3, -0.25) is 9.59 Å². The lowest BCUT2D eigenvalue weighted by atomic mass is 9.84. The molecule has 3 aromatic carbocycles. The van der Waals surface area contributed by atoms with Crippen LogP contribution in [0.15, 0.2) is 84.0 Å². The first-order valence-corrected chi connectivity index (χ1v) is 15.3. The SMILES string of the molecule is CC(=O)OC(C)C(=O)NCc1ccc(C2OC(CSc3nnnn3C)C(c3ccccc3)C(c3ccc(CO)cc3)O2)cc1. The zero-order chi connectivity index (χ0) is 31.1. The van der Waals surface area contributed by atoms with Gasteiger partial charge in [0.1, 0.15) is 0 Å². The van der Waals surface area contributed by atoms with Crippen LogP contribution in [0.2, 0.25) is 0 Å². The number of aliphatic hydroxyl groups is 1. The molecule has 1 amide bonds. The van der Waals surface area contributed by atoms with Gasteiger partial charge in [0.25, 0.3) is 5.91 Å². The number of aryl methyl sites for hydroxylation is 1. The van der Waals surface area contributed by atoms with E-state index in [1.54, 1.807) is 11.7 Å². The molecule has 1 aliphatic rings. The Labute approximate surface area is 259 Å². The van der Waals surface area contributed by atoms with Crippen molar-refractivity contribution < 1.29 is 28.9 Å². The fourth-order valence-corrected chi connectivity index (χ4v) is 6.00. The summed E-state index contributed by atoms with van der Waals surface area (Å²) < 4.78 is 20.0. The Bertz CT molecular complexity index is 1530. The molecular weight excluding hydrogens is 582 g/mol. The van der Waals surface area contributed by atoms with E-state index in [0.717, 1.165) is 27.8 Å². The van der Waals surface area contributed by atoms with E-state index in [1.807, 2.05) is 66.7 Å². The Morgan fingerprint density at radius 2 is 1.66 bits per heavy atom. The number of thioether (sulfide) groups is 1. The number of aromatic nitrogens is 4. The smallest absolute Gasteiger partial charge is 0.303 e. The number of nitrogens with one attached hydrogen (secondary N) is 1. The van der Waals surface area contributed by atoms with Crippen LogP contribution in [0.5, 0.6) is 0 Å². The molecule has 1 aromatic heterocycles. The lowest BCUT2D eigenvalue weighted by Gasteiger charge is -2.43. The minimum atomic E-state index is -0.871. The number of ether oxygens (including phenoxy) is 3. The molecule has 5 unspecified atom stereocenters. The van der Waals surface area contributed by atoms with Crippen molar-refractivity contribution in [2.75, 3.05) is 5.75 Å². The topological polar surface area (TPSA) is 138 Å². The quantitative estimate of drug-likeness (QED) is 0.188. The van der Waals surface area contributed by atoms with E-state index in [4.69, 9.17) is 14.2 Å². The maximum atomic E-state index is 12.3. The van der Waals surface area contributed by atoms with Crippen molar-refractivity contribution in [1.29, 1.82) is 0 Å². The minimum absolute atomic E-state index is 0.0415. The predicted octanol–water partition coefficient (Wildman–Crippen LogP) is 4.00. The fourth-order valence-electron chi connectivity index (χ4n) is 5.08. The average molecular weight is 618 g/mol. The maximum Gasteiger partial charge on any atom is 0.303 e. The van der Waals surface area contributed by atoms with E-state index in [1.165, 1.54) is 25.6 Å². The van der Waals surface area contributed by atoms with Crippen LogP contribution >= 0.6 is 11.8 Å². The minimum Gasteiger partial charge on any atom is -0.453 e. The molecule has 0 aliphatic carbocycles. The van der Waals surface area contributed by atoms with Crippen LogP contribution in [0.25, 0.3) is 0 Å². The van der Waals surface area contributed by atoms with Gasteiger partial charge in [-0.1, -0.05) is 90.6 Å². The van der Waals surface area contributed by atoms with Crippen LogP contribution in [-0.2, 0) is 44.0 Å². The summed E-state index contributed by atoms with van der Waals surface area (Å²) in [5.74, 6) is -0.450. The van der Waals surface area contributed by atoms with E-state index >= 15 is 0 Å². The molecule has 1 fully saturated rings. The number of carbonyl (C=O) groups is 2. The Hall–Kier alpha value is -4.10. The summed E-state index contributed by atoms with van der Waals surface area (Å²) in [6, 6.07) is 25.6. The molecule has 2 N–H and O–H groups in total. The van der Waals surface area contributed by atoms with E-state index in [-0.39, 0.29) is 37.2 Å². The van der Waals surface area contributed by atoms with Crippen LogP contribution in [0, 0.1) is 0 Å². The summed E-state index contributed by atoms with van der Waals surface area (Å²) in [7, 11) is 1.80. The largest absolute Gasteiger partial charge is 0.453 e. The Balaban J connectivity index is 1.41. The van der Waals surface area contributed by atoms with Crippen molar-refractivity contribution in [2.24, 2.45) is 7.05 Å². The van der Waals surface area contributed by atoms with E-state index in [0.29, 0.717) is 10.9 Å². The Morgan fingerprint density at radius 3 is 2.30 bits per heavy atom. The van der Waals surface area contributed by atoms with Crippen molar-refractivity contribution in [3.05, 3.63) is 107 Å². The number of nitrogens with zero attached hydrogens (tertiary/aromatic N) is 4. The van der Waals surface area contributed by atoms with Gasteiger partial charge in [0.15, 0.2) is 12.4 Å². The molecule has 2 heterocycles. The van der Waals surface area contributed by atoms with Crippen LogP contribution in [-0.4, -0.2) is 55.2 Å². The van der Waals surface area contributed by atoms with Gasteiger partial charge >= 0.3 is 5.97 Å². The molecule has 4 aromatic rings. The summed E-state index contributed by atoms with van der Waals surface area (Å²) in [6.45, 7) is 3.03. The number of rotatable bonds is 11. The van der Waals surface area contributed by atoms with Gasteiger partial charge in [0, 0.05) is 37.8 Å². The van der Waals surface area contributed by atoms with Crippen LogP contribution in [0.4, 0.5) is 0 Å². The standard InChI is InChI=1S/C32H35N5O6S/c1-20(41-21(2)39)30(40)33-17-22-9-15-26(16-10-22)31-42-27(19-44-32-34-35-36-37(32)3)28(24-7-5-4-6-8-24)29(43-31)25-13-11-23(18-38)12-14-25/h4-16,20,27-29,31,38H,17-19H2,1-3H3,(H,33,40). The monoisotopic (exact) mass is 617 g/mol. The van der Waals surface area contributed by atoms with Gasteiger partial charge in [0.2, 0.25) is 5.16 Å². The second-order valence-corrected chi connectivity index (χ2v) is 11.5. The third kappa shape index (κ3) is 7.69. The number of tetrazole rings is 1. The molecule has 12 heteroatoms. The first-order chi connectivity index (χ1) is 21.3. The normalized spacial score (nSPS) is 20.5. The first-order valence-electron chi connectivity index (χ1n) is 14.3. The highest BCUT2D eigenvalue weighted by atomic mass is 32.2. The Morgan fingerprint density at radius 1 is 0.977 bits per heavy atom. The lowest BCUT2D eigenvalue weighted by Crippen LogP contribution is -2.38. The number of hydrogen-bond acceptors (Lipinski definition) is 10. The number of esters is 1. The lowest BCUT2D eigenvalue weighted by molar-refractivity contribution is -0.255. The molecule has 11 nitrogen and oxygen atoms in total. The first kappa shape index (κ1) is 31.3. The molecule has 5 rings (SSSR count). The third-order valence-corrected chi connectivity index (χ3v) is 8.46. The Kier molecular flexibility index (Phi) is 10.4. The maximum absolute atomic E-state index is 12.3. The highest BCUT2D eigenvalue weighted by molar-refractivity contribution is 7.99. The molecule has 230 valence electrons. The van der Waals surface area contributed by atoms with Crippen molar-refractivity contribution in [3.63, 3.8) is 0 Å². The molecule has 0 spiro atoms. The van der Waals surface area contributed by atoms with Crippen LogP contribution < -0.4 is 5.32 Å². The summed E-state index contributed by atoms with van der Waals surface area (Å²) in [6.07, 6.45) is -2.17. The van der Waals surface area contributed by atoms with E-state index in [9.17, 15) is 14.7 Å². The summed E-state index contributed by atoms with van der Waals surface area (Å²) in [4.78, 5) is 23.4. The molecular formula is C32H35N5O6S. The fraction of sp³-hybridized carbons (Fsp3) is 0.344. The van der Waals surface area contributed by atoms with Crippen molar-refractivity contribution >= 4 is 23.6 Å². The predicted molar refractivity (Wildman–Crippen MR) is 162 cm³/mol. The van der Waals surface area contributed by atoms with Gasteiger partial charge in [-0.25, -0.2) is 4.68 Å². The van der Waals surface area contributed by atoms with Gasteiger partial charge in [-0.05, 0) is 39.6 Å². The molecule has 0 bridgehead atoms. The number of carbonyl (C=O) groups excluding carboxylic acids is 2. The number of hydrogen-bond donors (Lipinski definition) is 2. The zero-order valence-corrected chi connectivity index (χ0v) is 25.5. The van der Waals surface area contributed by atoms with Gasteiger partial charge in [0.05, 0.1) is 18.8 Å². The molecule has 5 atom stereocenters. The summed E-state index contributed by atoms with van der Waals surface area (Å²) in [5, 5.41) is 25.0. The summed E-state index contributed by atoms with van der Waals surface area (Å²) in [5.41, 5.74) is 4.57.